The highest BCUT2D eigenvalue weighted by molar-refractivity contribution is 6.31. The number of nitrogens with zero attached hydrogens (tertiary/aromatic N) is 3. The van der Waals surface area contributed by atoms with E-state index in [1.807, 2.05) is 23.2 Å². The van der Waals surface area contributed by atoms with Crippen LogP contribution < -0.4 is 9.47 Å². The Balaban J connectivity index is 1.58. The number of benzene rings is 2. The van der Waals surface area contributed by atoms with Crippen LogP contribution in [0, 0.1) is 0 Å². The maximum Gasteiger partial charge on any atom is 0.200 e. The number of hydrazone groups is 1. The van der Waals surface area contributed by atoms with E-state index in [1.54, 1.807) is 18.3 Å². The van der Waals surface area contributed by atoms with E-state index in [4.69, 9.17) is 21.1 Å². The maximum atomic E-state index is 9.98. The highest BCUT2D eigenvalue weighted by Crippen LogP contribution is 2.36. The predicted octanol–water partition coefficient (Wildman–Crippen LogP) is 3.21. The average molecular weight is 390 g/mol. The summed E-state index contributed by atoms with van der Waals surface area (Å²) in [5, 5.41) is 17.4. The molecule has 0 bridgehead atoms. The molecule has 0 radical (unpaired) electrons. The van der Waals surface area contributed by atoms with Gasteiger partial charge in [0.25, 0.3) is 0 Å². The van der Waals surface area contributed by atoms with Crippen molar-refractivity contribution in [2.45, 2.75) is 6.54 Å². The van der Waals surface area contributed by atoms with Crippen molar-refractivity contribution < 1.29 is 14.6 Å². The Bertz CT molecular complexity index is 780. The minimum absolute atomic E-state index is 0.00895. The molecule has 7 heteroatoms. The lowest BCUT2D eigenvalue weighted by atomic mass is 10.2. The largest absolute Gasteiger partial charge is 0.502 e. The third kappa shape index (κ3) is 4.84. The maximum absolute atomic E-state index is 9.98. The van der Waals surface area contributed by atoms with Gasteiger partial charge >= 0.3 is 0 Å². The van der Waals surface area contributed by atoms with Gasteiger partial charge in [-0.1, -0.05) is 29.8 Å². The first-order chi connectivity index (χ1) is 13.1. The van der Waals surface area contributed by atoms with Gasteiger partial charge in [-0.2, -0.15) is 5.10 Å². The second kappa shape index (κ2) is 8.97. The van der Waals surface area contributed by atoms with Crippen LogP contribution in [-0.4, -0.2) is 61.6 Å². The zero-order valence-corrected chi connectivity index (χ0v) is 16.3. The van der Waals surface area contributed by atoms with Gasteiger partial charge in [-0.25, -0.2) is 0 Å². The Morgan fingerprint density at radius 3 is 2.30 bits per heavy atom. The smallest absolute Gasteiger partial charge is 0.200 e. The zero-order valence-electron chi connectivity index (χ0n) is 15.6. The second-order valence-electron chi connectivity index (χ2n) is 6.34. The summed E-state index contributed by atoms with van der Waals surface area (Å²) in [5.41, 5.74) is 1.96. The number of hydrogen-bond donors (Lipinski definition) is 1. The zero-order chi connectivity index (χ0) is 19.2. The Hall–Kier alpha value is -2.44. The molecule has 6 nitrogen and oxygen atoms in total. The molecule has 1 aliphatic rings. The van der Waals surface area contributed by atoms with Crippen molar-refractivity contribution in [1.29, 1.82) is 0 Å². The Labute approximate surface area is 164 Å². The number of phenols is 1. The molecule has 1 fully saturated rings. The van der Waals surface area contributed by atoms with Crippen LogP contribution in [0.25, 0.3) is 0 Å². The number of hydrogen-bond acceptors (Lipinski definition) is 6. The van der Waals surface area contributed by atoms with Gasteiger partial charge in [-0.15, -0.1) is 0 Å². The highest BCUT2D eigenvalue weighted by Gasteiger charge is 2.16. The third-order valence-corrected chi connectivity index (χ3v) is 4.94. The van der Waals surface area contributed by atoms with Gasteiger partial charge in [0.2, 0.25) is 5.75 Å². The summed E-state index contributed by atoms with van der Waals surface area (Å²) in [4.78, 5) is 2.37. The molecule has 1 saturated heterocycles. The summed E-state index contributed by atoms with van der Waals surface area (Å²) in [6, 6.07) is 11.4. The van der Waals surface area contributed by atoms with E-state index in [-0.39, 0.29) is 5.75 Å². The molecule has 0 aromatic heterocycles. The summed E-state index contributed by atoms with van der Waals surface area (Å²) in [6.45, 7) is 4.37. The molecule has 0 atom stereocenters. The molecule has 0 saturated carbocycles. The number of rotatable bonds is 6. The lowest BCUT2D eigenvalue weighted by Crippen LogP contribution is -2.43. The summed E-state index contributed by atoms with van der Waals surface area (Å²) < 4.78 is 10.4. The first-order valence-electron chi connectivity index (χ1n) is 8.80. The van der Waals surface area contributed by atoms with Crippen molar-refractivity contribution in [2.24, 2.45) is 5.10 Å². The fourth-order valence-electron chi connectivity index (χ4n) is 3.02. The molecule has 0 aliphatic carbocycles. The Kier molecular flexibility index (Phi) is 6.42. The van der Waals surface area contributed by atoms with E-state index in [0.29, 0.717) is 11.5 Å². The van der Waals surface area contributed by atoms with E-state index >= 15 is 0 Å². The SMILES string of the molecule is COc1cc(/C=N/N2CCN(Cc3ccccc3Cl)CC2)cc(OC)c1O. The molecule has 2 aromatic rings. The van der Waals surface area contributed by atoms with Gasteiger partial charge in [0.15, 0.2) is 11.5 Å². The average Bonchev–Trinajstić information content (AvgIpc) is 2.70. The summed E-state index contributed by atoms with van der Waals surface area (Å²) in [6.07, 6.45) is 1.76. The van der Waals surface area contributed by atoms with Crippen molar-refractivity contribution in [2.75, 3.05) is 40.4 Å². The summed E-state index contributed by atoms with van der Waals surface area (Å²) >= 11 is 6.25. The molecule has 1 aliphatic heterocycles. The molecule has 1 heterocycles. The number of ether oxygens (including phenoxy) is 2. The lowest BCUT2D eigenvalue weighted by molar-refractivity contribution is 0.131. The van der Waals surface area contributed by atoms with Gasteiger partial charge in [0.05, 0.1) is 20.4 Å². The number of halogens is 1. The summed E-state index contributed by atoms with van der Waals surface area (Å²) in [5.74, 6) is 0.714. The van der Waals surface area contributed by atoms with Gasteiger partial charge < -0.3 is 14.6 Å². The monoisotopic (exact) mass is 389 g/mol. The molecule has 0 spiro atoms. The number of aromatic hydroxyl groups is 1. The first-order valence-corrected chi connectivity index (χ1v) is 9.18. The first kappa shape index (κ1) is 19.3. The molecule has 0 unspecified atom stereocenters. The van der Waals surface area contributed by atoms with Gasteiger partial charge in [-0.05, 0) is 23.8 Å². The molecule has 144 valence electrons. The van der Waals surface area contributed by atoms with Crippen LogP contribution in [0.2, 0.25) is 5.02 Å². The molecule has 3 rings (SSSR count). The number of phenolic OH excluding ortho intramolecular Hbond substituents is 1. The molecule has 0 amide bonds. The predicted molar refractivity (Wildman–Crippen MR) is 107 cm³/mol. The molecule has 27 heavy (non-hydrogen) atoms. The Morgan fingerprint density at radius 1 is 1.07 bits per heavy atom. The molecule has 1 N–H and O–H groups in total. The van der Waals surface area contributed by atoms with Crippen LogP contribution in [0.1, 0.15) is 11.1 Å². The molecular formula is C20H24ClN3O3. The van der Waals surface area contributed by atoms with Crippen molar-refractivity contribution >= 4 is 17.8 Å². The highest BCUT2D eigenvalue weighted by atomic mass is 35.5. The van der Waals surface area contributed by atoms with Crippen LogP contribution in [0.3, 0.4) is 0 Å². The van der Waals surface area contributed by atoms with Crippen molar-refractivity contribution in [3.63, 3.8) is 0 Å². The van der Waals surface area contributed by atoms with Crippen LogP contribution in [0.15, 0.2) is 41.5 Å². The minimum Gasteiger partial charge on any atom is -0.502 e. The third-order valence-electron chi connectivity index (χ3n) is 4.57. The fraction of sp³-hybridized carbons (Fsp3) is 0.350. The Morgan fingerprint density at radius 2 is 1.70 bits per heavy atom. The normalized spacial score (nSPS) is 15.3. The minimum atomic E-state index is -0.00895. The van der Waals surface area contributed by atoms with E-state index in [9.17, 15) is 5.11 Å². The van der Waals surface area contributed by atoms with Crippen molar-refractivity contribution in [3.8, 4) is 17.2 Å². The lowest BCUT2D eigenvalue weighted by Gasteiger charge is -2.33. The van der Waals surface area contributed by atoms with Gasteiger partial charge in [-0.3, -0.25) is 9.91 Å². The van der Waals surface area contributed by atoms with E-state index in [2.05, 4.69) is 16.1 Å². The van der Waals surface area contributed by atoms with Crippen molar-refractivity contribution in [3.05, 3.63) is 52.5 Å². The van der Waals surface area contributed by atoms with Crippen LogP contribution in [0.4, 0.5) is 0 Å². The number of methoxy groups -OCH3 is 2. The van der Waals surface area contributed by atoms with E-state index in [1.165, 1.54) is 14.2 Å². The van der Waals surface area contributed by atoms with Crippen LogP contribution in [0.5, 0.6) is 17.2 Å². The quantitative estimate of drug-likeness (QED) is 0.769. The van der Waals surface area contributed by atoms with E-state index < -0.39 is 0 Å². The van der Waals surface area contributed by atoms with Crippen LogP contribution in [-0.2, 0) is 6.54 Å². The van der Waals surface area contributed by atoms with E-state index in [0.717, 1.165) is 48.9 Å². The fourth-order valence-corrected chi connectivity index (χ4v) is 3.21. The number of piperazine rings is 1. The molecular weight excluding hydrogens is 366 g/mol. The standard InChI is InChI=1S/C20H24ClN3O3/c1-26-18-11-15(12-19(27-2)20(18)25)13-22-24-9-7-23(8-10-24)14-16-5-3-4-6-17(16)21/h3-6,11-13,25H,7-10,14H2,1-2H3/b22-13+. The molecule has 2 aromatic carbocycles. The van der Waals surface area contributed by atoms with Crippen molar-refractivity contribution in [1.82, 2.24) is 9.91 Å². The van der Waals surface area contributed by atoms with Gasteiger partial charge in [0, 0.05) is 43.3 Å². The topological polar surface area (TPSA) is 57.5 Å². The van der Waals surface area contributed by atoms with Gasteiger partial charge in [0.1, 0.15) is 0 Å². The second-order valence-corrected chi connectivity index (χ2v) is 6.75. The van der Waals surface area contributed by atoms with Crippen LogP contribution >= 0.6 is 11.6 Å². The summed E-state index contributed by atoms with van der Waals surface area (Å²) in [7, 11) is 3.02.